The predicted molar refractivity (Wildman–Crippen MR) is 122 cm³/mol. The first-order chi connectivity index (χ1) is 15.1. The van der Waals surface area contributed by atoms with E-state index in [1.54, 1.807) is 24.3 Å². The molecule has 2 aromatic carbocycles. The number of likely N-dealkylation sites (tertiary alicyclic amines) is 1. The maximum atomic E-state index is 13.1. The number of aromatic nitrogens is 2. The Labute approximate surface area is 187 Å². The van der Waals surface area contributed by atoms with Crippen LogP contribution < -0.4 is 5.32 Å². The Bertz CT molecular complexity index is 1060. The van der Waals surface area contributed by atoms with Crippen LogP contribution in [0.25, 0.3) is 11.0 Å². The highest BCUT2D eigenvalue weighted by molar-refractivity contribution is 6.30. The number of benzene rings is 2. The number of nitrogens with one attached hydrogen (secondary N) is 1. The lowest BCUT2D eigenvalue weighted by Gasteiger charge is -2.37. The molecule has 0 bridgehead atoms. The first kappa shape index (κ1) is 21.7. The molecule has 1 aromatic heterocycles. The summed E-state index contributed by atoms with van der Waals surface area (Å²) in [6.07, 6.45) is 2.35. The lowest BCUT2D eigenvalue weighted by molar-refractivity contribution is -0.112. The van der Waals surface area contributed by atoms with E-state index in [-0.39, 0.29) is 17.7 Å². The van der Waals surface area contributed by atoms with Gasteiger partial charge in [0.2, 0.25) is 0 Å². The van der Waals surface area contributed by atoms with Gasteiger partial charge in [-0.2, -0.15) is 0 Å². The monoisotopic (exact) mass is 438 g/mol. The number of carbonyl (C=O) groups is 2. The molecule has 7 heteroatoms. The van der Waals surface area contributed by atoms with Gasteiger partial charge < -0.3 is 14.7 Å². The van der Waals surface area contributed by atoms with Crippen LogP contribution in [0.15, 0.2) is 48.5 Å². The molecule has 0 spiro atoms. The first-order valence-electron chi connectivity index (χ1n) is 10.7. The molecular weight excluding hydrogens is 412 g/mol. The van der Waals surface area contributed by atoms with Crippen molar-refractivity contribution in [2.24, 2.45) is 13.0 Å². The van der Waals surface area contributed by atoms with E-state index in [2.05, 4.69) is 20.9 Å². The molecule has 2 atom stereocenters. The number of ketones is 1. The summed E-state index contributed by atoms with van der Waals surface area (Å²) in [5, 5.41) is 4.06. The van der Waals surface area contributed by atoms with Crippen molar-refractivity contribution >= 4 is 34.7 Å². The van der Waals surface area contributed by atoms with Crippen LogP contribution in [0.1, 0.15) is 29.0 Å². The lowest BCUT2D eigenvalue weighted by atomic mass is 9.87. The number of hydrogen-bond donors (Lipinski definition) is 1. The van der Waals surface area contributed by atoms with Crippen molar-refractivity contribution < 1.29 is 9.59 Å². The second-order valence-electron chi connectivity index (χ2n) is 8.10. The number of Topliss-reactive ketones (excluding diaryl/α,β-unsaturated/α-hetero) is 1. The molecule has 2 heterocycles. The first-order valence-corrected chi connectivity index (χ1v) is 11.0. The van der Waals surface area contributed by atoms with Gasteiger partial charge in [-0.05, 0) is 55.8 Å². The van der Waals surface area contributed by atoms with Crippen LogP contribution in [-0.2, 0) is 18.4 Å². The van der Waals surface area contributed by atoms with E-state index in [1.165, 1.54) is 0 Å². The van der Waals surface area contributed by atoms with E-state index in [1.807, 2.05) is 25.2 Å². The molecule has 2 unspecified atom stereocenters. The van der Waals surface area contributed by atoms with Crippen LogP contribution in [0.3, 0.4) is 0 Å². The van der Waals surface area contributed by atoms with Gasteiger partial charge in [0, 0.05) is 36.6 Å². The van der Waals surface area contributed by atoms with Gasteiger partial charge in [0.1, 0.15) is 12.1 Å². The van der Waals surface area contributed by atoms with E-state index >= 15 is 0 Å². The molecule has 3 aromatic rings. The Morgan fingerprint density at radius 2 is 2.00 bits per heavy atom. The summed E-state index contributed by atoms with van der Waals surface area (Å²) in [6.45, 7) is 2.87. The number of nitrogens with zero attached hydrogens (tertiary/aromatic N) is 3. The number of hydrogen-bond acceptors (Lipinski definition) is 5. The van der Waals surface area contributed by atoms with Crippen molar-refractivity contribution in [3.63, 3.8) is 0 Å². The summed E-state index contributed by atoms with van der Waals surface area (Å²) in [4.78, 5) is 31.4. The topological polar surface area (TPSA) is 67.2 Å². The van der Waals surface area contributed by atoms with Crippen molar-refractivity contribution in [3.8, 4) is 0 Å². The normalized spacial score (nSPS) is 19.5. The fraction of sp³-hybridized carbons (Fsp3) is 0.375. The van der Waals surface area contributed by atoms with E-state index in [4.69, 9.17) is 16.6 Å². The lowest BCUT2D eigenvalue weighted by Crippen LogP contribution is -2.49. The van der Waals surface area contributed by atoms with Crippen molar-refractivity contribution in [2.75, 3.05) is 19.6 Å². The molecule has 1 aliphatic rings. The summed E-state index contributed by atoms with van der Waals surface area (Å²) >= 11 is 5.97. The van der Waals surface area contributed by atoms with Crippen LogP contribution >= 0.6 is 11.6 Å². The minimum Gasteiger partial charge on any atom is -0.330 e. The molecule has 0 amide bonds. The predicted octanol–water partition coefficient (Wildman–Crippen LogP) is 3.48. The summed E-state index contributed by atoms with van der Waals surface area (Å²) in [5.74, 6) is 0.971. The molecule has 162 valence electrons. The SMILES string of the molecule is Cn1c(CNCCN2CCC(C=O)CC2C(=O)c2ccc(Cl)cc2)nc2ccccc21. The summed E-state index contributed by atoms with van der Waals surface area (Å²) in [5.41, 5.74) is 2.74. The van der Waals surface area contributed by atoms with E-state index in [9.17, 15) is 9.59 Å². The van der Waals surface area contributed by atoms with E-state index < -0.39 is 0 Å². The highest BCUT2D eigenvalue weighted by Gasteiger charge is 2.33. The molecule has 0 radical (unpaired) electrons. The molecule has 6 nitrogen and oxygen atoms in total. The van der Waals surface area contributed by atoms with Crippen LogP contribution in [0.5, 0.6) is 0 Å². The maximum Gasteiger partial charge on any atom is 0.179 e. The fourth-order valence-corrected chi connectivity index (χ4v) is 4.41. The number of halogens is 1. The second kappa shape index (κ2) is 9.73. The van der Waals surface area contributed by atoms with E-state index in [0.717, 1.165) is 49.2 Å². The van der Waals surface area contributed by atoms with Gasteiger partial charge in [0.05, 0.1) is 23.6 Å². The third kappa shape index (κ3) is 4.87. The minimum atomic E-state index is -0.289. The number of aryl methyl sites for hydroxylation is 1. The summed E-state index contributed by atoms with van der Waals surface area (Å²) in [7, 11) is 2.03. The van der Waals surface area contributed by atoms with Gasteiger partial charge >= 0.3 is 0 Å². The quantitative estimate of drug-likeness (QED) is 0.331. The molecule has 0 saturated carbocycles. The standard InChI is InChI=1S/C24H27ClN4O2/c1-28-21-5-3-2-4-20(21)27-23(28)15-26-11-13-29-12-10-17(16-30)14-22(29)24(31)18-6-8-19(25)9-7-18/h2-9,16-17,22,26H,10-15H2,1H3. The van der Waals surface area contributed by atoms with Crippen molar-refractivity contribution in [2.45, 2.75) is 25.4 Å². The van der Waals surface area contributed by atoms with Crippen LogP contribution in [-0.4, -0.2) is 52.2 Å². The smallest absolute Gasteiger partial charge is 0.179 e. The molecule has 1 fully saturated rings. The maximum absolute atomic E-state index is 13.1. The largest absolute Gasteiger partial charge is 0.330 e. The fourth-order valence-electron chi connectivity index (χ4n) is 4.29. The van der Waals surface area contributed by atoms with Gasteiger partial charge in [-0.15, -0.1) is 0 Å². The average molecular weight is 439 g/mol. The summed E-state index contributed by atoms with van der Waals surface area (Å²) < 4.78 is 2.10. The Balaban J connectivity index is 1.38. The highest BCUT2D eigenvalue weighted by atomic mass is 35.5. The van der Waals surface area contributed by atoms with Crippen LogP contribution in [0.4, 0.5) is 0 Å². The number of aldehydes is 1. The van der Waals surface area contributed by atoms with Crippen molar-refractivity contribution in [1.29, 1.82) is 0 Å². The molecule has 1 N–H and O–H groups in total. The zero-order chi connectivity index (χ0) is 21.8. The third-order valence-corrected chi connectivity index (χ3v) is 6.37. The Hall–Kier alpha value is -2.54. The molecule has 1 aliphatic heterocycles. The summed E-state index contributed by atoms with van der Waals surface area (Å²) in [6, 6.07) is 14.8. The number of fused-ring (bicyclic) bond motifs is 1. The number of carbonyl (C=O) groups excluding carboxylic acids is 2. The molecule has 4 rings (SSSR count). The number of piperidine rings is 1. The highest BCUT2D eigenvalue weighted by Crippen LogP contribution is 2.25. The number of rotatable bonds is 8. The zero-order valence-electron chi connectivity index (χ0n) is 17.6. The second-order valence-corrected chi connectivity index (χ2v) is 8.53. The Morgan fingerprint density at radius 3 is 2.74 bits per heavy atom. The molecule has 1 saturated heterocycles. The van der Waals surface area contributed by atoms with Gasteiger partial charge in [0.25, 0.3) is 0 Å². The van der Waals surface area contributed by atoms with Gasteiger partial charge in [-0.3, -0.25) is 9.69 Å². The van der Waals surface area contributed by atoms with E-state index in [0.29, 0.717) is 23.6 Å². The van der Waals surface area contributed by atoms with Crippen LogP contribution in [0, 0.1) is 5.92 Å². The Morgan fingerprint density at radius 1 is 1.23 bits per heavy atom. The third-order valence-electron chi connectivity index (χ3n) is 6.12. The average Bonchev–Trinajstić information content (AvgIpc) is 3.12. The molecule has 0 aliphatic carbocycles. The molecule has 31 heavy (non-hydrogen) atoms. The number of imidazole rings is 1. The van der Waals surface area contributed by atoms with Crippen LogP contribution in [0.2, 0.25) is 5.02 Å². The van der Waals surface area contributed by atoms with Gasteiger partial charge in [-0.1, -0.05) is 23.7 Å². The minimum absolute atomic E-state index is 0.0542. The number of para-hydroxylation sites is 2. The van der Waals surface area contributed by atoms with Crippen molar-refractivity contribution in [1.82, 2.24) is 19.8 Å². The van der Waals surface area contributed by atoms with Gasteiger partial charge in [-0.25, -0.2) is 4.98 Å². The molecular formula is C24H27ClN4O2. The van der Waals surface area contributed by atoms with Crippen molar-refractivity contribution in [3.05, 3.63) is 64.9 Å². The zero-order valence-corrected chi connectivity index (χ0v) is 18.4. The van der Waals surface area contributed by atoms with Gasteiger partial charge in [0.15, 0.2) is 5.78 Å². The Kier molecular flexibility index (Phi) is 6.80.